The van der Waals surface area contributed by atoms with Crippen LogP contribution in [-0.4, -0.2) is 23.1 Å². The molecule has 0 N–H and O–H groups in total. The molecule has 4 aromatic rings. The standard InChI is InChI=1S/C24H18N2O5S/c1-17(27)24-20-12-6-8-14-22(20)25(32(30,31)19-10-3-2-4-11-19)23(24)16-15-18-9-5-7-13-21(18)26(28)29/h2-16H,1H3/b16-15+. The normalized spacial score (nSPS) is 11.8. The van der Waals surface area contributed by atoms with Gasteiger partial charge in [-0.3, -0.25) is 14.9 Å². The van der Waals surface area contributed by atoms with Crippen molar-refractivity contribution >= 4 is 44.5 Å². The molecule has 160 valence electrons. The van der Waals surface area contributed by atoms with Crippen LogP contribution in [0.15, 0.2) is 83.8 Å². The molecule has 1 aromatic heterocycles. The van der Waals surface area contributed by atoms with E-state index >= 15 is 0 Å². The summed E-state index contributed by atoms with van der Waals surface area (Å²) in [7, 11) is -4.06. The smallest absolute Gasteiger partial charge is 0.276 e. The molecule has 0 unspecified atom stereocenters. The summed E-state index contributed by atoms with van der Waals surface area (Å²) in [6, 6.07) is 20.8. The molecule has 0 spiro atoms. The summed E-state index contributed by atoms with van der Waals surface area (Å²) in [4.78, 5) is 23.5. The van der Waals surface area contributed by atoms with E-state index in [-0.39, 0.29) is 27.6 Å². The summed E-state index contributed by atoms with van der Waals surface area (Å²) in [5.41, 5.74) is 0.891. The van der Waals surface area contributed by atoms with Crippen molar-refractivity contribution in [3.63, 3.8) is 0 Å². The Bertz CT molecular complexity index is 1490. The summed E-state index contributed by atoms with van der Waals surface area (Å²) in [5.74, 6) is -0.314. The minimum atomic E-state index is -4.06. The number of para-hydroxylation sites is 2. The van der Waals surface area contributed by atoms with Gasteiger partial charge in [0.2, 0.25) is 0 Å². The van der Waals surface area contributed by atoms with E-state index in [4.69, 9.17) is 0 Å². The number of rotatable bonds is 6. The van der Waals surface area contributed by atoms with E-state index in [0.29, 0.717) is 16.5 Å². The number of aromatic nitrogens is 1. The maximum atomic E-state index is 13.6. The molecule has 7 nitrogen and oxygen atoms in total. The van der Waals surface area contributed by atoms with E-state index < -0.39 is 14.9 Å². The van der Waals surface area contributed by atoms with Crippen molar-refractivity contribution in [3.05, 3.63) is 106 Å². The Morgan fingerprint density at radius 3 is 2.22 bits per heavy atom. The second-order valence-corrected chi connectivity index (χ2v) is 8.85. The third kappa shape index (κ3) is 3.61. The fourth-order valence-corrected chi connectivity index (χ4v) is 5.21. The third-order valence-corrected chi connectivity index (χ3v) is 6.80. The Kier molecular flexibility index (Phi) is 5.46. The van der Waals surface area contributed by atoms with Crippen molar-refractivity contribution in [1.29, 1.82) is 0 Å². The van der Waals surface area contributed by atoms with Crippen LogP contribution in [0.2, 0.25) is 0 Å². The molecule has 0 radical (unpaired) electrons. The molecule has 0 amide bonds. The van der Waals surface area contributed by atoms with Gasteiger partial charge < -0.3 is 0 Å². The number of fused-ring (bicyclic) bond motifs is 1. The number of nitrogens with zero attached hydrogens (tertiary/aromatic N) is 2. The monoisotopic (exact) mass is 446 g/mol. The highest BCUT2D eigenvalue weighted by molar-refractivity contribution is 7.90. The van der Waals surface area contributed by atoms with Crippen LogP contribution in [0, 0.1) is 10.1 Å². The van der Waals surface area contributed by atoms with Crippen molar-refractivity contribution in [3.8, 4) is 0 Å². The SMILES string of the molecule is CC(=O)c1c(/C=C/c2ccccc2[N+](=O)[O-])n(S(=O)(=O)c2ccccc2)c2ccccc12. The fourth-order valence-electron chi connectivity index (χ4n) is 3.67. The van der Waals surface area contributed by atoms with Gasteiger partial charge in [0.15, 0.2) is 5.78 Å². The molecule has 0 aliphatic rings. The van der Waals surface area contributed by atoms with Crippen LogP contribution in [0.4, 0.5) is 5.69 Å². The summed E-state index contributed by atoms with van der Waals surface area (Å²) in [5, 5.41) is 11.9. The van der Waals surface area contributed by atoms with E-state index in [1.54, 1.807) is 60.7 Å². The molecule has 32 heavy (non-hydrogen) atoms. The minimum Gasteiger partial charge on any atom is -0.294 e. The first-order valence-electron chi connectivity index (χ1n) is 9.69. The number of benzene rings is 3. The van der Waals surface area contributed by atoms with Gasteiger partial charge in [-0.15, -0.1) is 0 Å². The van der Waals surface area contributed by atoms with Crippen LogP contribution in [0.5, 0.6) is 0 Å². The van der Waals surface area contributed by atoms with Gasteiger partial charge >= 0.3 is 0 Å². The summed E-state index contributed by atoms with van der Waals surface area (Å²) in [6.45, 7) is 1.36. The zero-order valence-corrected chi connectivity index (χ0v) is 17.8. The predicted octanol–water partition coefficient (Wildman–Crippen LogP) is 5.16. The van der Waals surface area contributed by atoms with Gasteiger partial charge in [-0.1, -0.05) is 48.5 Å². The van der Waals surface area contributed by atoms with Gasteiger partial charge in [0.25, 0.3) is 15.7 Å². The molecule has 0 saturated carbocycles. The zero-order chi connectivity index (χ0) is 22.9. The Morgan fingerprint density at radius 1 is 0.906 bits per heavy atom. The van der Waals surface area contributed by atoms with Gasteiger partial charge in [0.05, 0.1) is 32.2 Å². The van der Waals surface area contributed by atoms with Gasteiger partial charge in [0.1, 0.15) is 0 Å². The Morgan fingerprint density at radius 2 is 1.53 bits per heavy atom. The average Bonchev–Trinajstić information content (AvgIpc) is 3.13. The van der Waals surface area contributed by atoms with Gasteiger partial charge in [-0.05, 0) is 43.3 Å². The van der Waals surface area contributed by atoms with Crippen LogP contribution < -0.4 is 0 Å². The minimum absolute atomic E-state index is 0.0659. The number of hydrogen-bond donors (Lipinski definition) is 0. The molecular formula is C24H18N2O5S. The number of carbonyl (C=O) groups excluding carboxylic acids is 1. The van der Waals surface area contributed by atoms with Crippen molar-refractivity contribution in [2.75, 3.05) is 0 Å². The Hall–Kier alpha value is -4.04. The van der Waals surface area contributed by atoms with Crippen molar-refractivity contribution < 1.29 is 18.1 Å². The summed E-state index contributed by atoms with van der Waals surface area (Å²) < 4.78 is 28.3. The molecule has 0 aliphatic carbocycles. The molecule has 3 aromatic carbocycles. The van der Waals surface area contributed by atoms with Crippen LogP contribution in [-0.2, 0) is 10.0 Å². The highest BCUT2D eigenvalue weighted by atomic mass is 32.2. The van der Waals surface area contributed by atoms with E-state index in [9.17, 15) is 23.3 Å². The number of nitro benzene ring substituents is 1. The molecular weight excluding hydrogens is 428 g/mol. The number of carbonyl (C=O) groups is 1. The van der Waals surface area contributed by atoms with Crippen LogP contribution in [0.3, 0.4) is 0 Å². The fraction of sp³-hybridized carbons (Fsp3) is 0.0417. The Balaban J connectivity index is 2.05. The molecule has 0 atom stereocenters. The molecule has 8 heteroatoms. The highest BCUT2D eigenvalue weighted by Crippen LogP contribution is 2.32. The average molecular weight is 446 g/mol. The number of hydrogen-bond acceptors (Lipinski definition) is 5. The molecule has 0 aliphatic heterocycles. The number of nitro groups is 1. The van der Waals surface area contributed by atoms with Crippen molar-refractivity contribution in [2.24, 2.45) is 0 Å². The third-order valence-electron chi connectivity index (χ3n) is 5.05. The summed E-state index contributed by atoms with van der Waals surface area (Å²) in [6.07, 6.45) is 2.90. The lowest BCUT2D eigenvalue weighted by molar-refractivity contribution is -0.385. The number of ketones is 1. The first kappa shape index (κ1) is 21.2. The van der Waals surface area contributed by atoms with Gasteiger partial charge in [0, 0.05) is 11.5 Å². The topological polar surface area (TPSA) is 99.3 Å². The second kappa shape index (κ2) is 8.24. The van der Waals surface area contributed by atoms with Gasteiger partial charge in [-0.2, -0.15) is 0 Å². The largest absolute Gasteiger partial charge is 0.294 e. The van der Waals surface area contributed by atoms with Crippen LogP contribution >= 0.6 is 0 Å². The second-order valence-electron chi connectivity index (χ2n) is 7.07. The molecule has 0 saturated heterocycles. The maximum Gasteiger partial charge on any atom is 0.276 e. The first-order valence-corrected chi connectivity index (χ1v) is 11.1. The number of Topliss-reactive ketones (excluding diaryl/α,β-unsaturated/α-hetero) is 1. The van der Waals surface area contributed by atoms with Crippen molar-refractivity contribution in [1.82, 2.24) is 3.97 Å². The van der Waals surface area contributed by atoms with Gasteiger partial charge in [-0.25, -0.2) is 12.4 Å². The lowest BCUT2D eigenvalue weighted by Gasteiger charge is -2.11. The quantitative estimate of drug-likeness (QED) is 0.231. The molecule has 4 rings (SSSR count). The van der Waals surface area contributed by atoms with Crippen molar-refractivity contribution in [2.45, 2.75) is 11.8 Å². The van der Waals surface area contributed by atoms with E-state index in [2.05, 4.69) is 0 Å². The summed E-state index contributed by atoms with van der Waals surface area (Å²) >= 11 is 0. The lowest BCUT2D eigenvalue weighted by Crippen LogP contribution is -2.15. The highest BCUT2D eigenvalue weighted by Gasteiger charge is 2.27. The first-order chi connectivity index (χ1) is 15.3. The molecule has 0 fully saturated rings. The Labute approximate surface area is 184 Å². The molecule has 0 bridgehead atoms. The molecule has 1 heterocycles. The zero-order valence-electron chi connectivity index (χ0n) is 17.0. The van der Waals surface area contributed by atoms with Crippen LogP contribution in [0.1, 0.15) is 28.5 Å². The van der Waals surface area contributed by atoms with E-state index in [1.807, 2.05) is 0 Å². The maximum absolute atomic E-state index is 13.6. The van der Waals surface area contributed by atoms with E-state index in [1.165, 1.54) is 37.3 Å². The lowest BCUT2D eigenvalue weighted by atomic mass is 10.1. The predicted molar refractivity (Wildman–Crippen MR) is 123 cm³/mol. The van der Waals surface area contributed by atoms with E-state index in [0.717, 1.165) is 3.97 Å². The van der Waals surface area contributed by atoms with Crippen LogP contribution in [0.25, 0.3) is 23.1 Å².